The number of ether oxygens (including phenoxy) is 4. The average molecular weight is 994 g/mol. The fourth-order valence-corrected chi connectivity index (χ4v) is 9.07. The van der Waals surface area contributed by atoms with Gasteiger partial charge in [-0.1, -0.05) is 264 Å². The largest absolute Gasteiger partial charge is 0.477 e. The van der Waals surface area contributed by atoms with Gasteiger partial charge in [-0.25, -0.2) is 4.79 Å². The Hall–Kier alpha value is -1.97. The number of carboxylic acids is 1. The number of aliphatic carboxylic acids is 1. The van der Waals surface area contributed by atoms with E-state index in [9.17, 15) is 19.5 Å². The van der Waals surface area contributed by atoms with Crippen LogP contribution in [0.15, 0.2) is 12.2 Å². The monoisotopic (exact) mass is 993 g/mol. The van der Waals surface area contributed by atoms with Gasteiger partial charge in [-0.2, -0.15) is 0 Å². The molecule has 0 fully saturated rings. The summed E-state index contributed by atoms with van der Waals surface area (Å²) >= 11 is 0. The summed E-state index contributed by atoms with van der Waals surface area (Å²) in [5.74, 6) is -2.00. The zero-order chi connectivity index (χ0) is 51.3. The minimum atomic E-state index is -1.51. The Morgan fingerprint density at radius 3 is 1.07 bits per heavy atom. The Balaban J connectivity index is 3.99. The lowest BCUT2D eigenvalue weighted by Crippen LogP contribution is -2.40. The first kappa shape index (κ1) is 68.0. The highest BCUT2D eigenvalue weighted by molar-refractivity contribution is 5.71. The van der Waals surface area contributed by atoms with Crippen molar-refractivity contribution >= 4 is 17.9 Å². The lowest BCUT2D eigenvalue weighted by atomic mass is 10.0. The molecule has 0 saturated heterocycles. The highest BCUT2D eigenvalue weighted by atomic mass is 16.7. The first-order chi connectivity index (χ1) is 34.1. The van der Waals surface area contributed by atoms with Crippen molar-refractivity contribution in [3.05, 3.63) is 12.2 Å². The molecule has 0 bridgehead atoms. The maximum Gasteiger partial charge on any atom is 0.361 e. The van der Waals surface area contributed by atoms with Crippen molar-refractivity contribution in [1.29, 1.82) is 0 Å². The second-order valence-corrected chi connectivity index (χ2v) is 22.0. The predicted molar refractivity (Wildman–Crippen MR) is 295 cm³/mol. The highest BCUT2D eigenvalue weighted by Crippen LogP contribution is 2.18. The number of rotatable bonds is 57. The second-order valence-electron chi connectivity index (χ2n) is 22.0. The maximum atomic E-state index is 12.8. The van der Waals surface area contributed by atoms with Crippen molar-refractivity contribution in [2.45, 2.75) is 315 Å². The van der Waals surface area contributed by atoms with Crippen LogP contribution in [0.2, 0.25) is 0 Å². The van der Waals surface area contributed by atoms with E-state index < -0.39 is 24.3 Å². The maximum absolute atomic E-state index is 12.8. The molecule has 0 aromatic rings. The average Bonchev–Trinajstić information content (AvgIpc) is 3.33. The van der Waals surface area contributed by atoms with Crippen LogP contribution in [0.4, 0.5) is 0 Å². The number of carbonyl (C=O) groups is 3. The van der Waals surface area contributed by atoms with Crippen molar-refractivity contribution in [3.63, 3.8) is 0 Å². The van der Waals surface area contributed by atoms with Crippen molar-refractivity contribution in [2.24, 2.45) is 0 Å². The predicted octanol–water partition coefficient (Wildman–Crippen LogP) is 17.7. The molecule has 0 aliphatic carbocycles. The van der Waals surface area contributed by atoms with Gasteiger partial charge in [0, 0.05) is 12.8 Å². The number of allylic oxidation sites excluding steroid dienone is 2. The molecule has 0 heterocycles. The van der Waals surface area contributed by atoms with Crippen LogP contribution in [-0.2, 0) is 33.3 Å². The number of carbonyl (C=O) groups excluding carboxylic acids is 2. The summed E-state index contributed by atoms with van der Waals surface area (Å²) in [6.07, 6.45) is 58.9. The quantitative estimate of drug-likeness (QED) is 0.0211. The second kappa shape index (κ2) is 53.3. The normalized spacial score (nSPS) is 12.8. The van der Waals surface area contributed by atoms with Gasteiger partial charge in [0.05, 0.1) is 34.4 Å². The number of carboxylic acid groups (broad SMARTS) is 1. The number of hydrogen-bond acceptors (Lipinski definition) is 7. The fraction of sp³-hybridized carbons (Fsp3) is 0.918. The number of unbranched alkanes of at least 4 members (excludes halogenated alkanes) is 40. The molecule has 0 aromatic carbocycles. The van der Waals surface area contributed by atoms with Crippen LogP contribution in [0.5, 0.6) is 0 Å². The summed E-state index contributed by atoms with van der Waals surface area (Å²) in [5.41, 5.74) is 0. The van der Waals surface area contributed by atoms with Crippen molar-refractivity contribution in [3.8, 4) is 0 Å². The van der Waals surface area contributed by atoms with Gasteiger partial charge in [0.2, 0.25) is 0 Å². The smallest absolute Gasteiger partial charge is 0.361 e. The van der Waals surface area contributed by atoms with Gasteiger partial charge >= 0.3 is 17.9 Å². The van der Waals surface area contributed by atoms with E-state index in [1.54, 1.807) is 0 Å². The van der Waals surface area contributed by atoms with E-state index in [0.29, 0.717) is 23.9 Å². The van der Waals surface area contributed by atoms with E-state index >= 15 is 0 Å². The molecule has 0 amide bonds. The Morgan fingerprint density at radius 2 is 0.729 bits per heavy atom. The van der Waals surface area contributed by atoms with Crippen LogP contribution in [-0.4, -0.2) is 87.4 Å². The van der Waals surface area contributed by atoms with Gasteiger partial charge in [-0.15, -0.1) is 0 Å². The Labute approximate surface area is 434 Å². The van der Waals surface area contributed by atoms with E-state index in [1.165, 1.54) is 218 Å². The number of quaternary nitrogens is 1. The zero-order valence-electron chi connectivity index (χ0n) is 47.2. The van der Waals surface area contributed by atoms with Gasteiger partial charge in [-0.3, -0.25) is 9.59 Å². The van der Waals surface area contributed by atoms with Crippen molar-refractivity contribution < 1.29 is 42.9 Å². The van der Waals surface area contributed by atoms with Crippen LogP contribution in [0.25, 0.3) is 0 Å². The first-order valence-corrected chi connectivity index (χ1v) is 30.4. The van der Waals surface area contributed by atoms with E-state index in [-0.39, 0.29) is 32.2 Å². The third kappa shape index (κ3) is 53.8. The SMILES string of the molecule is CCCCCC/C=C\CCCCCCCC(=O)OC(COC(=O)CCCCCCCCCCCCCCCCCCCCCCCCCCCCCCCCCC)COC(OCC[N+](C)(C)C)C(=O)O. The minimum absolute atomic E-state index is 0.179. The fourth-order valence-electron chi connectivity index (χ4n) is 9.07. The van der Waals surface area contributed by atoms with Gasteiger partial charge in [0.15, 0.2) is 6.10 Å². The molecule has 0 aliphatic rings. The summed E-state index contributed by atoms with van der Waals surface area (Å²) in [4.78, 5) is 37.3. The van der Waals surface area contributed by atoms with Crippen LogP contribution in [0.1, 0.15) is 303 Å². The molecule has 0 rings (SSSR count). The molecular weight excluding hydrogens is 875 g/mol. The number of likely N-dealkylation sites (N-methyl/N-ethyl adjacent to an activating group) is 1. The van der Waals surface area contributed by atoms with Crippen LogP contribution in [0, 0.1) is 0 Å². The van der Waals surface area contributed by atoms with Crippen LogP contribution >= 0.6 is 0 Å². The van der Waals surface area contributed by atoms with Crippen molar-refractivity contribution in [2.75, 3.05) is 47.5 Å². The van der Waals surface area contributed by atoms with E-state index in [1.807, 2.05) is 21.1 Å². The minimum Gasteiger partial charge on any atom is -0.477 e. The summed E-state index contributed by atoms with van der Waals surface area (Å²) in [5, 5.41) is 9.68. The standard InChI is InChI=1S/C61H117NO8/c1-6-8-10-12-14-16-18-20-21-22-23-24-25-26-27-28-29-30-31-32-33-34-35-36-37-38-40-41-43-45-47-49-51-58(63)68-55-57(56-69-61(60(65)66)67-54-53-62(3,4)5)70-59(64)52-50-48-46-44-42-39-19-17-15-13-11-9-7-2/h17,19,57,61H,6-16,18,20-56H2,1-5H3/p+1/b19-17-. The molecule has 9 heteroatoms. The third-order valence-corrected chi connectivity index (χ3v) is 13.8. The molecule has 0 radical (unpaired) electrons. The van der Waals surface area contributed by atoms with E-state index in [4.69, 9.17) is 18.9 Å². The Kier molecular flexibility index (Phi) is 51.8. The molecule has 9 nitrogen and oxygen atoms in total. The highest BCUT2D eigenvalue weighted by Gasteiger charge is 2.25. The summed E-state index contributed by atoms with van der Waals surface area (Å²) in [6.45, 7) is 4.90. The van der Waals surface area contributed by atoms with Gasteiger partial charge < -0.3 is 28.5 Å². The van der Waals surface area contributed by atoms with Crippen LogP contribution in [0.3, 0.4) is 0 Å². The first-order valence-electron chi connectivity index (χ1n) is 30.4. The molecule has 2 atom stereocenters. The number of nitrogens with zero attached hydrogens (tertiary/aromatic N) is 1. The van der Waals surface area contributed by atoms with Gasteiger partial charge in [-0.05, 0) is 38.5 Å². The summed E-state index contributed by atoms with van der Waals surface area (Å²) < 4.78 is 22.8. The third-order valence-electron chi connectivity index (χ3n) is 13.8. The molecule has 2 unspecified atom stereocenters. The number of esters is 2. The van der Waals surface area contributed by atoms with Gasteiger partial charge in [0.1, 0.15) is 13.2 Å². The summed E-state index contributed by atoms with van der Waals surface area (Å²) in [6, 6.07) is 0. The molecule has 1 N–H and O–H groups in total. The van der Waals surface area contributed by atoms with Crippen LogP contribution < -0.4 is 0 Å². The molecule has 0 aliphatic heterocycles. The van der Waals surface area contributed by atoms with E-state index in [0.717, 1.165) is 51.4 Å². The lowest BCUT2D eigenvalue weighted by molar-refractivity contribution is -0.870. The summed E-state index contributed by atoms with van der Waals surface area (Å²) in [7, 11) is 5.97. The zero-order valence-corrected chi connectivity index (χ0v) is 47.2. The molecule has 0 saturated carbocycles. The topological polar surface area (TPSA) is 108 Å². The molecule has 414 valence electrons. The molecule has 0 spiro atoms. The van der Waals surface area contributed by atoms with Crippen molar-refractivity contribution in [1.82, 2.24) is 0 Å². The lowest BCUT2D eigenvalue weighted by Gasteiger charge is -2.25. The molecular formula is C61H118NO8+. The van der Waals surface area contributed by atoms with Gasteiger partial charge in [0.25, 0.3) is 6.29 Å². The molecule has 70 heavy (non-hydrogen) atoms. The Bertz CT molecular complexity index is 1150. The number of hydrogen-bond donors (Lipinski definition) is 1. The molecule has 0 aromatic heterocycles. The van der Waals surface area contributed by atoms with E-state index in [2.05, 4.69) is 26.0 Å². The Morgan fingerprint density at radius 1 is 0.414 bits per heavy atom.